The smallest absolute Gasteiger partial charge is 0.412 e. The summed E-state index contributed by atoms with van der Waals surface area (Å²) < 4.78 is 5.76. The van der Waals surface area contributed by atoms with E-state index < -0.39 is 6.09 Å². The predicted octanol–water partition coefficient (Wildman–Crippen LogP) is -1.39. The largest absolute Gasteiger partial charge is 1.00 e. The molecule has 1 amide bonds. The van der Waals surface area contributed by atoms with Gasteiger partial charge in [0.2, 0.25) is 0 Å². The third kappa shape index (κ3) is 3.97. The highest BCUT2D eigenvalue weighted by molar-refractivity contribution is 5.72. The lowest BCUT2D eigenvalue weighted by Crippen LogP contribution is -3.00. The fourth-order valence-electron chi connectivity index (χ4n) is 1.25. The number of hydrogen-bond acceptors (Lipinski definition) is 2. The van der Waals surface area contributed by atoms with Gasteiger partial charge in [0.1, 0.15) is 0 Å². The van der Waals surface area contributed by atoms with E-state index in [1.54, 1.807) is 6.07 Å². The molecule has 0 radical (unpaired) electrons. The van der Waals surface area contributed by atoms with Crippen molar-refractivity contribution in [2.45, 2.75) is 0 Å². The van der Waals surface area contributed by atoms with Crippen LogP contribution in [-0.2, 0) is 0 Å². The van der Waals surface area contributed by atoms with Crippen LogP contribution in [0.2, 0.25) is 0 Å². The van der Waals surface area contributed by atoms with Crippen molar-refractivity contribution in [2.24, 2.45) is 0 Å². The number of para-hydroxylation sites is 2. The Labute approximate surface area is 113 Å². The zero-order valence-corrected chi connectivity index (χ0v) is 12.1. The molecule has 90 valence electrons. The van der Waals surface area contributed by atoms with E-state index in [0.29, 0.717) is 10.2 Å². The van der Waals surface area contributed by atoms with Gasteiger partial charge in [-0.25, -0.2) is 4.79 Å². The second-order valence-electron chi connectivity index (χ2n) is 4.12. The quantitative estimate of drug-likeness (QED) is 0.533. The van der Waals surface area contributed by atoms with Gasteiger partial charge in [0.15, 0.2) is 11.4 Å². The number of benzene rings is 1. The molecule has 0 spiro atoms. The number of carbonyl (C=O) groups is 1. The van der Waals surface area contributed by atoms with Gasteiger partial charge < -0.3 is 34.0 Å². The standard InChI is InChI=1S/C11H16N2O2.HI/c1-12-11(14)15-10-8-6-5-7-9(10)13(2,3)4;/h5-8H,1-4H3;1H. The summed E-state index contributed by atoms with van der Waals surface area (Å²) in [6.45, 7) is 0. The van der Waals surface area contributed by atoms with E-state index in [2.05, 4.69) is 5.32 Å². The molecule has 0 aliphatic heterocycles. The maximum absolute atomic E-state index is 11.1. The van der Waals surface area contributed by atoms with E-state index in [1.807, 2.05) is 39.3 Å². The van der Waals surface area contributed by atoms with Crippen LogP contribution in [-0.4, -0.2) is 34.3 Å². The molecule has 0 saturated heterocycles. The fraction of sp³-hybridized carbons (Fsp3) is 0.364. The Balaban J connectivity index is 0.00000225. The lowest BCUT2D eigenvalue weighted by Gasteiger charge is -2.24. The van der Waals surface area contributed by atoms with E-state index in [1.165, 1.54) is 7.05 Å². The zero-order chi connectivity index (χ0) is 11.5. The van der Waals surface area contributed by atoms with E-state index in [0.717, 1.165) is 5.69 Å². The van der Waals surface area contributed by atoms with E-state index >= 15 is 0 Å². The Hall–Kier alpha value is -0.820. The first-order valence-electron chi connectivity index (χ1n) is 4.75. The van der Waals surface area contributed by atoms with Crippen molar-refractivity contribution in [3.8, 4) is 5.75 Å². The summed E-state index contributed by atoms with van der Waals surface area (Å²) in [6, 6.07) is 7.50. The minimum absolute atomic E-state index is 0. The normalized spacial score (nSPS) is 10.2. The summed E-state index contributed by atoms with van der Waals surface area (Å²) >= 11 is 0. The molecule has 1 aromatic carbocycles. The maximum atomic E-state index is 11.1. The minimum Gasteiger partial charge on any atom is -1.00 e. The summed E-state index contributed by atoms with van der Waals surface area (Å²) in [5.74, 6) is 0.587. The van der Waals surface area contributed by atoms with Crippen molar-refractivity contribution in [2.75, 3.05) is 28.2 Å². The Bertz CT molecular complexity index is 361. The molecule has 0 aliphatic carbocycles. The number of quaternary nitrogens is 1. The number of nitrogens with zero attached hydrogens (tertiary/aromatic N) is 1. The van der Waals surface area contributed by atoms with Crippen LogP contribution in [0.5, 0.6) is 5.75 Å². The SMILES string of the molecule is CNC(=O)Oc1ccccc1[N+](C)(C)C.[I-]. The minimum atomic E-state index is -0.448. The third-order valence-corrected chi connectivity index (χ3v) is 1.99. The van der Waals surface area contributed by atoms with Crippen molar-refractivity contribution in [3.05, 3.63) is 24.3 Å². The van der Waals surface area contributed by atoms with Gasteiger partial charge in [-0.05, 0) is 6.07 Å². The van der Waals surface area contributed by atoms with Gasteiger partial charge in [-0.3, -0.25) is 4.48 Å². The van der Waals surface area contributed by atoms with Gasteiger partial charge in [-0.1, -0.05) is 12.1 Å². The monoisotopic (exact) mass is 336 g/mol. The molecule has 1 N–H and O–H groups in total. The molecular formula is C11H17IN2O2. The number of halogens is 1. The highest BCUT2D eigenvalue weighted by Gasteiger charge is 2.19. The molecule has 5 heteroatoms. The molecule has 0 unspecified atom stereocenters. The average molecular weight is 336 g/mol. The van der Waals surface area contributed by atoms with Crippen molar-refractivity contribution in [1.29, 1.82) is 0 Å². The van der Waals surface area contributed by atoms with Crippen LogP contribution in [0.3, 0.4) is 0 Å². The molecule has 4 nitrogen and oxygen atoms in total. The number of rotatable bonds is 2. The van der Waals surface area contributed by atoms with Crippen LogP contribution in [0.15, 0.2) is 24.3 Å². The maximum Gasteiger partial charge on any atom is 0.412 e. The van der Waals surface area contributed by atoms with Gasteiger partial charge in [0, 0.05) is 13.1 Å². The van der Waals surface area contributed by atoms with Crippen molar-refractivity contribution in [1.82, 2.24) is 9.80 Å². The molecule has 0 aliphatic rings. The van der Waals surface area contributed by atoms with Crippen LogP contribution >= 0.6 is 0 Å². The Morgan fingerprint density at radius 2 is 1.81 bits per heavy atom. The lowest BCUT2D eigenvalue weighted by atomic mass is 10.2. The molecule has 0 bridgehead atoms. The van der Waals surface area contributed by atoms with Crippen molar-refractivity contribution in [3.63, 3.8) is 0 Å². The Kier molecular flexibility index (Phi) is 5.74. The van der Waals surface area contributed by atoms with Crippen LogP contribution in [0.25, 0.3) is 0 Å². The van der Waals surface area contributed by atoms with E-state index in [-0.39, 0.29) is 24.0 Å². The second kappa shape index (κ2) is 6.05. The predicted molar refractivity (Wildman–Crippen MR) is 61.1 cm³/mol. The summed E-state index contributed by atoms with van der Waals surface area (Å²) in [5.41, 5.74) is 0.959. The van der Waals surface area contributed by atoms with Crippen LogP contribution in [0, 0.1) is 0 Å². The first-order chi connectivity index (χ1) is 6.95. The van der Waals surface area contributed by atoms with Gasteiger partial charge in [-0.15, -0.1) is 0 Å². The van der Waals surface area contributed by atoms with Crippen LogP contribution < -0.4 is 38.5 Å². The highest BCUT2D eigenvalue weighted by atomic mass is 127. The summed E-state index contributed by atoms with van der Waals surface area (Å²) in [7, 11) is 7.60. The molecule has 1 rings (SSSR count). The molecular weight excluding hydrogens is 319 g/mol. The fourth-order valence-corrected chi connectivity index (χ4v) is 1.25. The Morgan fingerprint density at radius 3 is 2.31 bits per heavy atom. The van der Waals surface area contributed by atoms with Gasteiger partial charge >= 0.3 is 6.09 Å². The van der Waals surface area contributed by atoms with Crippen LogP contribution in [0.1, 0.15) is 0 Å². The number of amides is 1. The molecule has 0 heterocycles. The van der Waals surface area contributed by atoms with E-state index in [9.17, 15) is 4.79 Å². The molecule has 0 aromatic heterocycles. The van der Waals surface area contributed by atoms with Crippen molar-refractivity contribution >= 4 is 11.8 Å². The van der Waals surface area contributed by atoms with Gasteiger partial charge in [0.05, 0.1) is 21.1 Å². The Morgan fingerprint density at radius 1 is 1.25 bits per heavy atom. The first kappa shape index (κ1) is 15.2. The van der Waals surface area contributed by atoms with Gasteiger partial charge in [-0.2, -0.15) is 0 Å². The number of carbonyl (C=O) groups excluding carboxylic acids is 1. The van der Waals surface area contributed by atoms with Gasteiger partial charge in [0.25, 0.3) is 0 Å². The number of ether oxygens (including phenoxy) is 1. The molecule has 0 fully saturated rings. The zero-order valence-electron chi connectivity index (χ0n) is 9.95. The topological polar surface area (TPSA) is 38.3 Å². The average Bonchev–Trinajstić information content (AvgIpc) is 2.17. The van der Waals surface area contributed by atoms with Crippen molar-refractivity contribution < 1.29 is 33.5 Å². The second-order valence-corrected chi connectivity index (χ2v) is 4.12. The summed E-state index contributed by atoms with van der Waals surface area (Å²) in [4.78, 5) is 11.1. The van der Waals surface area contributed by atoms with Crippen LogP contribution in [0.4, 0.5) is 10.5 Å². The first-order valence-corrected chi connectivity index (χ1v) is 4.75. The number of nitrogens with one attached hydrogen (secondary N) is 1. The van der Waals surface area contributed by atoms with E-state index in [4.69, 9.17) is 4.74 Å². The summed E-state index contributed by atoms with van der Waals surface area (Å²) in [6.07, 6.45) is -0.448. The summed E-state index contributed by atoms with van der Waals surface area (Å²) in [5, 5.41) is 2.42. The highest BCUT2D eigenvalue weighted by Crippen LogP contribution is 2.29. The lowest BCUT2D eigenvalue weighted by molar-refractivity contribution is -0.00000841. The molecule has 0 atom stereocenters. The third-order valence-electron chi connectivity index (χ3n) is 1.99. The number of hydrogen-bond donors (Lipinski definition) is 1. The molecule has 0 saturated carbocycles. The molecule has 16 heavy (non-hydrogen) atoms. The molecule has 1 aromatic rings.